The number of carbonyl (C=O) groups excluding carboxylic acids is 1. The Morgan fingerprint density at radius 1 is 1.21 bits per heavy atom. The second-order valence-electron chi connectivity index (χ2n) is 6.37. The van der Waals surface area contributed by atoms with Crippen LogP contribution in [-0.2, 0) is 17.9 Å². The van der Waals surface area contributed by atoms with Crippen LogP contribution in [0.25, 0.3) is 11.0 Å². The number of hydrogen-bond acceptors (Lipinski definition) is 3. The Bertz CT molecular complexity index is 1060. The molecule has 0 spiro atoms. The molecule has 0 aliphatic heterocycles. The predicted molar refractivity (Wildman–Crippen MR) is 98.9 cm³/mol. The summed E-state index contributed by atoms with van der Waals surface area (Å²) in [5.41, 5.74) is 1.60. The van der Waals surface area contributed by atoms with Crippen LogP contribution in [0.5, 0.6) is 0 Å². The standard InChI is InChI=1S/C20H19F2N3O3/c1-3-25-12(2)23-16-9-13(7-8-17(16)25)20(28)24(11-18(26)27)10-14-5-4-6-15(21)19(14)22/h4-9H,3,10-11H2,1-2H3,(H,26,27). The fraction of sp³-hybridized carbons (Fsp3) is 0.250. The zero-order valence-corrected chi connectivity index (χ0v) is 15.4. The van der Waals surface area contributed by atoms with Crippen molar-refractivity contribution in [3.8, 4) is 0 Å². The molecule has 0 atom stereocenters. The summed E-state index contributed by atoms with van der Waals surface area (Å²) in [6.45, 7) is 3.55. The van der Waals surface area contributed by atoms with Crippen LogP contribution < -0.4 is 0 Å². The van der Waals surface area contributed by atoms with E-state index in [1.54, 1.807) is 18.2 Å². The number of hydrogen-bond donors (Lipinski definition) is 1. The number of rotatable bonds is 6. The van der Waals surface area contributed by atoms with E-state index in [0.29, 0.717) is 5.52 Å². The topological polar surface area (TPSA) is 75.4 Å². The van der Waals surface area contributed by atoms with Gasteiger partial charge >= 0.3 is 5.97 Å². The quantitative estimate of drug-likeness (QED) is 0.704. The number of amides is 1. The monoisotopic (exact) mass is 387 g/mol. The maximum atomic E-state index is 14.0. The predicted octanol–water partition coefficient (Wildman–Crippen LogP) is 3.37. The number of fused-ring (bicyclic) bond motifs is 1. The third-order valence-corrected chi connectivity index (χ3v) is 4.51. The molecule has 2 aromatic carbocycles. The van der Waals surface area contributed by atoms with E-state index >= 15 is 0 Å². The van der Waals surface area contributed by atoms with Crippen LogP contribution in [0.15, 0.2) is 36.4 Å². The number of halogens is 2. The largest absolute Gasteiger partial charge is 0.480 e. The number of aliphatic carboxylic acids is 1. The molecule has 1 heterocycles. The SMILES string of the molecule is CCn1c(C)nc2cc(C(=O)N(CC(=O)O)Cc3cccc(F)c3F)ccc21. The first-order valence-corrected chi connectivity index (χ1v) is 8.72. The molecule has 0 aliphatic rings. The van der Waals surface area contributed by atoms with Gasteiger partial charge in [-0.3, -0.25) is 9.59 Å². The first-order chi connectivity index (χ1) is 13.3. The molecule has 6 nitrogen and oxygen atoms in total. The van der Waals surface area contributed by atoms with E-state index in [-0.39, 0.29) is 17.7 Å². The zero-order valence-electron chi connectivity index (χ0n) is 15.4. The van der Waals surface area contributed by atoms with Gasteiger partial charge in [0.1, 0.15) is 12.4 Å². The smallest absolute Gasteiger partial charge is 0.323 e. The van der Waals surface area contributed by atoms with Crippen molar-refractivity contribution in [3.63, 3.8) is 0 Å². The highest BCUT2D eigenvalue weighted by Gasteiger charge is 2.22. The van der Waals surface area contributed by atoms with Gasteiger partial charge in [-0.05, 0) is 38.1 Å². The molecule has 1 amide bonds. The third-order valence-electron chi connectivity index (χ3n) is 4.51. The van der Waals surface area contributed by atoms with Crippen molar-refractivity contribution in [3.05, 3.63) is 65.0 Å². The molecule has 0 radical (unpaired) electrons. The highest BCUT2D eigenvalue weighted by atomic mass is 19.2. The van der Waals surface area contributed by atoms with Gasteiger partial charge in [0.15, 0.2) is 11.6 Å². The van der Waals surface area contributed by atoms with Crippen LogP contribution in [0.4, 0.5) is 8.78 Å². The van der Waals surface area contributed by atoms with Crippen molar-refractivity contribution in [2.75, 3.05) is 6.54 Å². The molecule has 0 aliphatic carbocycles. The minimum atomic E-state index is -1.25. The number of aromatic nitrogens is 2. The third kappa shape index (κ3) is 3.71. The molecule has 3 aromatic rings. The summed E-state index contributed by atoms with van der Waals surface area (Å²) in [6.07, 6.45) is 0. The van der Waals surface area contributed by atoms with E-state index in [9.17, 15) is 18.4 Å². The molecule has 0 unspecified atom stereocenters. The van der Waals surface area contributed by atoms with Crippen LogP contribution in [0.3, 0.4) is 0 Å². The van der Waals surface area contributed by atoms with Crippen molar-refractivity contribution in [2.24, 2.45) is 0 Å². The van der Waals surface area contributed by atoms with Crippen molar-refractivity contribution < 1.29 is 23.5 Å². The van der Waals surface area contributed by atoms with Crippen LogP contribution >= 0.6 is 0 Å². The van der Waals surface area contributed by atoms with Crippen LogP contribution in [0.2, 0.25) is 0 Å². The van der Waals surface area contributed by atoms with E-state index in [1.807, 2.05) is 18.4 Å². The summed E-state index contributed by atoms with van der Waals surface area (Å²) in [7, 11) is 0. The second kappa shape index (κ2) is 7.75. The molecule has 1 N–H and O–H groups in total. The van der Waals surface area contributed by atoms with Gasteiger partial charge in [-0.2, -0.15) is 0 Å². The molecular formula is C20H19F2N3O3. The molecule has 0 bridgehead atoms. The molecule has 0 fully saturated rings. The number of nitrogens with zero attached hydrogens (tertiary/aromatic N) is 3. The fourth-order valence-electron chi connectivity index (χ4n) is 3.20. The van der Waals surface area contributed by atoms with Crippen molar-refractivity contribution in [2.45, 2.75) is 26.9 Å². The Balaban J connectivity index is 1.96. The average molecular weight is 387 g/mol. The highest BCUT2D eigenvalue weighted by molar-refractivity contribution is 5.98. The Labute approximate surface area is 160 Å². The van der Waals surface area contributed by atoms with Gasteiger partial charge < -0.3 is 14.6 Å². The maximum Gasteiger partial charge on any atom is 0.323 e. The zero-order chi connectivity index (χ0) is 20.4. The minimum absolute atomic E-state index is 0.0956. The molecule has 28 heavy (non-hydrogen) atoms. The van der Waals surface area contributed by atoms with Gasteiger partial charge in [-0.1, -0.05) is 12.1 Å². The van der Waals surface area contributed by atoms with E-state index in [2.05, 4.69) is 4.98 Å². The first-order valence-electron chi connectivity index (χ1n) is 8.72. The van der Waals surface area contributed by atoms with Crippen molar-refractivity contribution in [1.82, 2.24) is 14.5 Å². The minimum Gasteiger partial charge on any atom is -0.480 e. The lowest BCUT2D eigenvalue weighted by atomic mass is 10.1. The summed E-state index contributed by atoms with van der Waals surface area (Å²) in [6, 6.07) is 8.48. The Kier molecular flexibility index (Phi) is 5.39. The Hall–Kier alpha value is -3.29. The molecule has 0 saturated heterocycles. The fourth-order valence-corrected chi connectivity index (χ4v) is 3.20. The normalized spacial score (nSPS) is 11.0. The number of aryl methyl sites for hydroxylation is 2. The number of imidazole rings is 1. The first kappa shape index (κ1) is 19.5. The summed E-state index contributed by atoms with van der Waals surface area (Å²) >= 11 is 0. The molecule has 3 rings (SSSR count). The van der Waals surface area contributed by atoms with Crippen molar-refractivity contribution in [1.29, 1.82) is 0 Å². The van der Waals surface area contributed by atoms with E-state index in [4.69, 9.17) is 5.11 Å². The average Bonchev–Trinajstić information content (AvgIpc) is 2.97. The van der Waals surface area contributed by atoms with Crippen LogP contribution in [0, 0.1) is 18.6 Å². The van der Waals surface area contributed by atoms with E-state index < -0.39 is 30.1 Å². The number of carboxylic acids is 1. The Morgan fingerprint density at radius 2 is 1.96 bits per heavy atom. The summed E-state index contributed by atoms with van der Waals surface area (Å²) in [5, 5.41) is 9.15. The van der Waals surface area contributed by atoms with E-state index in [1.165, 1.54) is 12.1 Å². The van der Waals surface area contributed by atoms with Crippen molar-refractivity contribution >= 4 is 22.9 Å². The molecule has 0 saturated carbocycles. The van der Waals surface area contributed by atoms with E-state index in [0.717, 1.165) is 28.9 Å². The Morgan fingerprint density at radius 3 is 2.64 bits per heavy atom. The summed E-state index contributed by atoms with van der Waals surface area (Å²) in [5.74, 6) is -3.21. The van der Waals surface area contributed by atoms with Gasteiger partial charge in [0, 0.05) is 24.2 Å². The lowest BCUT2D eigenvalue weighted by Crippen LogP contribution is -2.35. The van der Waals surface area contributed by atoms with Crippen LogP contribution in [-0.4, -0.2) is 38.0 Å². The van der Waals surface area contributed by atoms with Gasteiger partial charge in [0.25, 0.3) is 5.91 Å². The van der Waals surface area contributed by atoms with Crippen LogP contribution in [0.1, 0.15) is 28.7 Å². The number of benzene rings is 2. The lowest BCUT2D eigenvalue weighted by Gasteiger charge is -2.21. The van der Waals surface area contributed by atoms with Gasteiger partial charge in [-0.25, -0.2) is 13.8 Å². The number of carboxylic acid groups (broad SMARTS) is 1. The highest BCUT2D eigenvalue weighted by Crippen LogP contribution is 2.20. The van der Waals surface area contributed by atoms with Gasteiger partial charge in [0.05, 0.1) is 11.0 Å². The van der Waals surface area contributed by atoms with Gasteiger partial charge in [0.2, 0.25) is 0 Å². The molecule has 146 valence electrons. The molecule has 8 heteroatoms. The summed E-state index contributed by atoms with van der Waals surface area (Å²) in [4.78, 5) is 29.5. The number of carbonyl (C=O) groups is 2. The molecular weight excluding hydrogens is 368 g/mol. The lowest BCUT2D eigenvalue weighted by molar-refractivity contribution is -0.137. The maximum absolute atomic E-state index is 14.0. The molecule has 1 aromatic heterocycles. The second-order valence-corrected chi connectivity index (χ2v) is 6.37. The van der Waals surface area contributed by atoms with Gasteiger partial charge in [-0.15, -0.1) is 0 Å². The summed E-state index contributed by atoms with van der Waals surface area (Å²) < 4.78 is 29.4.